The minimum Gasteiger partial charge on any atom is -0.456 e. The zero-order valence-electron chi connectivity index (χ0n) is 11.8. The fourth-order valence-electron chi connectivity index (χ4n) is 2.75. The van der Waals surface area contributed by atoms with Crippen molar-refractivity contribution in [3.63, 3.8) is 0 Å². The second-order valence-electron chi connectivity index (χ2n) is 5.33. The Labute approximate surface area is 121 Å². The van der Waals surface area contributed by atoms with Crippen LogP contribution in [0.25, 0.3) is 0 Å². The van der Waals surface area contributed by atoms with E-state index in [1.165, 1.54) is 12.1 Å². The van der Waals surface area contributed by atoms with Crippen LogP contribution in [0.15, 0.2) is 33.7 Å². The van der Waals surface area contributed by atoms with Crippen LogP contribution in [-0.2, 0) is 0 Å². The van der Waals surface area contributed by atoms with Crippen LogP contribution in [0.5, 0.6) is 0 Å². The molecule has 0 aromatic carbocycles. The second kappa shape index (κ2) is 5.55. The number of carbonyl (C=O) groups is 1. The monoisotopic (exact) mass is 287 g/mol. The lowest BCUT2D eigenvalue weighted by Crippen LogP contribution is -2.39. The van der Waals surface area contributed by atoms with Gasteiger partial charge in [0.05, 0.1) is 0 Å². The number of aryl methyl sites for hydroxylation is 1. The number of likely N-dealkylation sites (tertiary alicyclic amines) is 1. The molecule has 3 heterocycles. The van der Waals surface area contributed by atoms with Gasteiger partial charge in [-0.1, -0.05) is 0 Å². The van der Waals surface area contributed by atoms with Crippen molar-refractivity contribution >= 4 is 5.91 Å². The van der Waals surface area contributed by atoms with E-state index in [1.807, 2.05) is 0 Å². The predicted octanol–water partition coefficient (Wildman–Crippen LogP) is 1.69. The van der Waals surface area contributed by atoms with E-state index in [1.54, 1.807) is 24.2 Å². The molecule has 3 rings (SSSR count). The molecule has 0 spiro atoms. The predicted molar refractivity (Wildman–Crippen MR) is 76.2 cm³/mol. The highest BCUT2D eigenvalue weighted by Crippen LogP contribution is 2.25. The van der Waals surface area contributed by atoms with Gasteiger partial charge in [-0.25, -0.2) is 4.98 Å². The molecule has 1 N–H and O–H groups in total. The lowest BCUT2D eigenvalue weighted by Gasteiger charge is -2.31. The molecule has 2 aromatic rings. The summed E-state index contributed by atoms with van der Waals surface area (Å²) in [5, 5.41) is 0. The highest BCUT2D eigenvalue weighted by molar-refractivity contribution is 5.91. The Balaban J connectivity index is 1.79. The van der Waals surface area contributed by atoms with Crippen LogP contribution in [0.2, 0.25) is 0 Å². The van der Waals surface area contributed by atoms with Gasteiger partial charge in [0.1, 0.15) is 11.6 Å². The average Bonchev–Trinajstić information content (AvgIpc) is 3.00. The van der Waals surface area contributed by atoms with E-state index < -0.39 is 0 Å². The molecule has 0 radical (unpaired) electrons. The normalized spacial score (nSPS) is 18.7. The first-order valence-corrected chi connectivity index (χ1v) is 7.04. The van der Waals surface area contributed by atoms with Gasteiger partial charge in [-0.05, 0) is 19.8 Å². The molecule has 1 aliphatic rings. The molecule has 1 aliphatic heterocycles. The third kappa shape index (κ3) is 2.89. The number of hydrogen-bond acceptors (Lipinski definition) is 4. The second-order valence-corrected chi connectivity index (χ2v) is 5.33. The van der Waals surface area contributed by atoms with Crippen LogP contribution in [0.1, 0.15) is 40.9 Å². The van der Waals surface area contributed by atoms with Gasteiger partial charge < -0.3 is 14.3 Å². The standard InChI is InChI=1S/C15H17N3O3/c1-10-7-12(19)8-13(21-10)15(20)18-6-2-3-11(9-18)14-16-4-5-17-14/h4-5,7-8,11H,2-3,6,9H2,1H3,(H,16,17)/t11-/m0/s1. The van der Waals surface area contributed by atoms with E-state index in [0.29, 0.717) is 18.8 Å². The van der Waals surface area contributed by atoms with E-state index in [2.05, 4.69) is 9.97 Å². The third-order valence-corrected chi connectivity index (χ3v) is 3.72. The maximum absolute atomic E-state index is 12.5. The highest BCUT2D eigenvalue weighted by atomic mass is 16.3. The summed E-state index contributed by atoms with van der Waals surface area (Å²) in [5.74, 6) is 1.44. The van der Waals surface area contributed by atoms with Crippen molar-refractivity contribution in [2.24, 2.45) is 0 Å². The summed E-state index contributed by atoms with van der Waals surface area (Å²) in [6, 6.07) is 2.63. The average molecular weight is 287 g/mol. The molecule has 1 fully saturated rings. The summed E-state index contributed by atoms with van der Waals surface area (Å²) in [7, 11) is 0. The SMILES string of the molecule is Cc1cc(=O)cc(C(=O)N2CCC[C@H](c3ncc[nH]3)C2)o1. The molecule has 21 heavy (non-hydrogen) atoms. The van der Waals surface area contributed by atoms with Crippen LogP contribution >= 0.6 is 0 Å². The number of imidazole rings is 1. The van der Waals surface area contributed by atoms with Crippen LogP contribution in [0.4, 0.5) is 0 Å². The van der Waals surface area contributed by atoms with E-state index >= 15 is 0 Å². The number of hydrogen-bond donors (Lipinski definition) is 1. The molecular weight excluding hydrogens is 270 g/mol. The Morgan fingerprint density at radius 3 is 3.05 bits per heavy atom. The van der Waals surface area contributed by atoms with Gasteiger partial charge >= 0.3 is 0 Å². The quantitative estimate of drug-likeness (QED) is 0.911. The summed E-state index contributed by atoms with van der Waals surface area (Å²) < 4.78 is 5.38. The molecule has 6 nitrogen and oxygen atoms in total. The number of piperidine rings is 1. The number of nitrogens with zero attached hydrogens (tertiary/aromatic N) is 2. The van der Waals surface area contributed by atoms with Crippen molar-refractivity contribution in [3.05, 3.63) is 52.1 Å². The molecule has 6 heteroatoms. The van der Waals surface area contributed by atoms with Gasteiger partial charge in [-0.3, -0.25) is 9.59 Å². The number of amides is 1. The number of nitrogens with one attached hydrogen (secondary N) is 1. The van der Waals surface area contributed by atoms with Crippen molar-refractivity contribution in [1.82, 2.24) is 14.9 Å². The number of carbonyl (C=O) groups excluding carboxylic acids is 1. The summed E-state index contributed by atoms with van der Waals surface area (Å²) in [4.78, 5) is 33.1. The van der Waals surface area contributed by atoms with Gasteiger partial charge in [0.15, 0.2) is 11.2 Å². The van der Waals surface area contributed by atoms with E-state index in [-0.39, 0.29) is 23.0 Å². The molecule has 1 atom stereocenters. The zero-order chi connectivity index (χ0) is 14.8. The van der Waals surface area contributed by atoms with Crippen molar-refractivity contribution in [3.8, 4) is 0 Å². The van der Waals surface area contributed by atoms with E-state index in [0.717, 1.165) is 18.7 Å². The van der Waals surface area contributed by atoms with E-state index in [9.17, 15) is 9.59 Å². The van der Waals surface area contributed by atoms with Crippen LogP contribution < -0.4 is 5.43 Å². The van der Waals surface area contributed by atoms with Gasteiger partial charge in [-0.15, -0.1) is 0 Å². The van der Waals surface area contributed by atoms with Crippen molar-refractivity contribution < 1.29 is 9.21 Å². The lowest BCUT2D eigenvalue weighted by molar-refractivity contribution is 0.0668. The molecule has 0 bridgehead atoms. The Bertz CT molecular complexity index is 690. The molecule has 1 saturated heterocycles. The fourth-order valence-corrected chi connectivity index (χ4v) is 2.75. The smallest absolute Gasteiger partial charge is 0.289 e. The number of aromatic nitrogens is 2. The Hall–Kier alpha value is -2.37. The van der Waals surface area contributed by atoms with E-state index in [4.69, 9.17) is 4.42 Å². The zero-order valence-corrected chi connectivity index (χ0v) is 11.8. The van der Waals surface area contributed by atoms with Gasteiger partial charge in [-0.2, -0.15) is 0 Å². The number of H-pyrrole nitrogens is 1. The molecule has 0 aliphatic carbocycles. The van der Waals surface area contributed by atoms with Gasteiger partial charge in [0, 0.05) is 43.5 Å². The van der Waals surface area contributed by atoms with Crippen LogP contribution in [-0.4, -0.2) is 33.9 Å². The first-order valence-electron chi connectivity index (χ1n) is 7.04. The van der Waals surface area contributed by atoms with Crippen molar-refractivity contribution in [2.45, 2.75) is 25.7 Å². The number of aromatic amines is 1. The third-order valence-electron chi connectivity index (χ3n) is 3.72. The molecule has 0 saturated carbocycles. The molecule has 110 valence electrons. The molecule has 1 amide bonds. The van der Waals surface area contributed by atoms with Crippen molar-refractivity contribution in [1.29, 1.82) is 0 Å². The fraction of sp³-hybridized carbons (Fsp3) is 0.400. The topological polar surface area (TPSA) is 79.2 Å². The van der Waals surface area contributed by atoms with Gasteiger partial charge in [0.25, 0.3) is 5.91 Å². The highest BCUT2D eigenvalue weighted by Gasteiger charge is 2.28. The molecular formula is C15H17N3O3. The minimum absolute atomic E-state index is 0.111. The summed E-state index contributed by atoms with van der Waals surface area (Å²) in [6.07, 6.45) is 5.41. The molecule has 2 aromatic heterocycles. The maximum atomic E-state index is 12.5. The first kappa shape index (κ1) is 13.6. The maximum Gasteiger partial charge on any atom is 0.289 e. The van der Waals surface area contributed by atoms with Gasteiger partial charge in [0.2, 0.25) is 0 Å². The number of rotatable bonds is 2. The van der Waals surface area contributed by atoms with Crippen LogP contribution in [0.3, 0.4) is 0 Å². The molecule has 0 unspecified atom stereocenters. The summed E-state index contributed by atoms with van der Waals surface area (Å²) >= 11 is 0. The summed E-state index contributed by atoms with van der Waals surface area (Å²) in [6.45, 7) is 2.93. The Kier molecular flexibility index (Phi) is 3.60. The lowest BCUT2D eigenvalue weighted by atomic mass is 9.97. The minimum atomic E-state index is -0.230. The van der Waals surface area contributed by atoms with Crippen molar-refractivity contribution in [2.75, 3.05) is 13.1 Å². The van der Waals surface area contributed by atoms with Crippen LogP contribution in [0, 0.1) is 6.92 Å². The Morgan fingerprint density at radius 1 is 1.48 bits per heavy atom. The largest absolute Gasteiger partial charge is 0.456 e. The first-order chi connectivity index (χ1) is 10.1. The summed E-state index contributed by atoms with van der Waals surface area (Å²) in [5.41, 5.74) is -0.207. The Morgan fingerprint density at radius 2 is 2.33 bits per heavy atom.